The third-order valence-electron chi connectivity index (χ3n) is 5.03. The van der Waals surface area contributed by atoms with Crippen LogP contribution in [0.5, 0.6) is 0 Å². The van der Waals surface area contributed by atoms with Crippen molar-refractivity contribution in [2.24, 2.45) is 24.8 Å². The van der Waals surface area contributed by atoms with Gasteiger partial charge in [-0.05, 0) is 11.8 Å². The van der Waals surface area contributed by atoms with E-state index in [4.69, 9.17) is 4.74 Å². The summed E-state index contributed by atoms with van der Waals surface area (Å²) in [4.78, 5) is 23.2. The fourth-order valence-electron chi connectivity index (χ4n) is 3.88. The smallest absolute Gasteiger partial charge is 0.231 e. The van der Waals surface area contributed by atoms with E-state index in [-0.39, 0.29) is 11.8 Å². The molecule has 2 aromatic heterocycles. The molecule has 1 N–H and O–H groups in total. The molecule has 4 rings (SSSR count). The number of carbonyl (C=O) groups is 1. The standard InChI is InChI=1S/C17H22N6O2/c1-22-6-12(4-20-22)7-23-8-13-10-25-11-15(14(13)9-23)17(24)21-16-5-18-2-3-19-16/h2-6,13-15H,7-11H2,1H3,(H,19,21,24)/t13-,14-,15+/m1/s1. The van der Waals surface area contributed by atoms with E-state index in [1.807, 2.05) is 24.1 Å². The predicted molar refractivity (Wildman–Crippen MR) is 90.4 cm³/mol. The third kappa shape index (κ3) is 3.54. The molecule has 2 aliphatic rings. The van der Waals surface area contributed by atoms with Gasteiger partial charge in [0.15, 0.2) is 5.82 Å². The van der Waals surface area contributed by atoms with Crippen LogP contribution in [0.4, 0.5) is 5.82 Å². The van der Waals surface area contributed by atoms with Gasteiger partial charge < -0.3 is 10.1 Å². The lowest BCUT2D eigenvalue weighted by molar-refractivity contribution is -0.128. The number of hydrogen-bond donors (Lipinski definition) is 1. The summed E-state index contributed by atoms with van der Waals surface area (Å²) in [6, 6.07) is 0. The maximum atomic E-state index is 12.7. The van der Waals surface area contributed by atoms with E-state index >= 15 is 0 Å². The molecule has 0 aliphatic carbocycles. The van der Waals surface area contributed by atoms with Gasteiger partial charge in [-0.2, -0.15) is 5.10 Å². The lowest BCUT2D eigenvalue weighted by atomic mass is 9.82. The molecule has 0 radical (unpaired) electrons. The van der Waals surface area contributed by atoms with Crippen molar-refractivity contribution in [3.8, 4) is 0 Å². The van der Waals surface area contributed by atoms with Crippen LogP contribution in [0.2, 0.25) is 0 Å². The highest BCUT2D eigenvalue weighted by Crippen LogP contribution is 2.35. The molecule has 3 atom stereocenters. The Balaban J connectivity index is 1.41. The first-order valence-corrected chi connectivity index (χ1v) is 8.53. The van der Waals surface area contributed by atoms with Crippen LogP contribution < -0.4 is 5.32 Å². The molecule has 0 saturated carbocycles. The van der Waals surface area contributed by atoms with Crippen LogP contribution in [0.25, 0.3) is 0 Å². The highest BCUT2D eigenvalue weighted by molar-refractivity contribution is 5.92. The van der Waals surface area contributed by atoms with Gasteiger partial charge in [-0.3, -0.25) is 19.4 Å². The number of ether oxygens (including phenoxy) is 1. The molecule has 2 aliphatic heterocycles. The summed E-state index contributed by atoms with van der Waals surface area (Å²) >= 11 is 0. The first-order chi connectivity index (χ1) is 12.2. The van der Waals surface area contributed by atoms with Gasteiger partial charge in [0.05, 0.1) is 31.5 Å². The highest BCUT2D eigenvalue weighted by Gasteiger charge is 2.43. The fourth-order valence-corrected chi connectivity index (χ4v) is 3.88. The van der Waals surface area contributed by atoms with Crippen molar-refractivity contribution in [1.82, 2.24) is 24.6 Å². The van der Waals surface area contributed by atoms with Crippen molar-refractivity contribution in [1.29, 1.82) is 0 Å². The highest BCUT2D eigenvalue weighted by atomic mass is 16.5. The number of anilines is 1. The molecule has 8 heteroatoms. The van der Waals surface area contributed by atoms with Gasteiger partial charge in [-0.15, -0.1) is 0 Å². The Morgan fingerprint density at radius 1 is 1.32 bits per heavy atom. The molecule has 8 nitrogen and oxygen atoms in total. The van der Waals surface area contributed by atoms with Crippen molar-refractivity contribution in [3.63, 3.8) is 0 Å². The van der Waals surface area contributed by atoms with E-state index in [0.29, 0.717) is 24.3 Å². The van der Waals surface area contributed by atoms with Gasteiger partial charge in [-0.1, -0.05) is 0 Å². The number of nitrogens with zero attached hydrogens (tertiary/aromatic N) is 5. The third-order valence-corrected chi connectivity index (χ3v) is 5.03. The van der Waals surface area contributed by atoms with Crippen molar-refractivity contribution in [2.45, 2.75) is 6.54 Å². The van der Waals surface area contributed by atoms with Crippen LogP contribution in [-0.4, -0.2) is 56.9 Å². The Kier molecular flexibility index (Phi) is 4.46. The summed E-state index contributed by atoms with van der Waals surface area (Å²) in [6.45, 7) is 3.91. The Morgan fingerprint density at radius 3 is 3.00 bits per heavy atom. The van der Waals surface area contributed by atoms with E-state index in [0.717, 1.165) is 26.2 Å². The molecule has 132 valence electrons. The summed E-state index contributed by atoms with van der Waals surface area (Å²) in [5.41, 5.74) is 1.20. The van der Waals surface area contributed by atoms with Gasteiger partial charge in [0.2, 0.25) is 5.91 Å². The van der Waals surface area contributed by atoms with Crippen LogP contribution in [0.3, 0.4) is 0 Å². The van der Waals surface area contributed by atoms with Crippen LogP contribution in [0.1, 0.15) is 5.56 Å². The Labute approximate surface area is 146 Å². The number of fused-ring (bicyclic) bond motifs is 1. The maximum Gasteiger partial charge on any atom is 0.231 e. The number of aryl methyl sites for hydroxylation is 1. The summed E-state index contributed by atoms with van der Waals surface area (Å²) in [6.07, 6.45) is 8.65. The summed E-state index contributed by atoms with van der Waals surface area (Å²) < 4.78 is 7.54. The molecule has 0 aromatic carbocycles. The number of hydrogen-bond acceptors (Lipinski definition) is 6. The van der Waals surface area contributed by atoms with Crippen LogP contribution in [-0.2, 0) is 23.1 Å². The molecule has 1 amide bonds. The Morgan fingerprint density at radius 2 is 2.24 bits per heavy atom. The lowest BCUT2D eigenvalue weighted by Gasteiger charge is -2.31. The minimum atomic E-state index is -0.153. The first kappa shape index (κ1) is 16.2. The van der Waals surface area contributed by atoms with Gasteiger partial charge in [0.1, 0.15) is 0 Å². The zero-order valence-electron chi connectivity index (χ0n) is 14.2. The number of aromatic nitrogens is 4. The molecular formula is C17H22N6O2. The number of carbonyl (C=O) groups excluding carboxylic acids is 1. The van der Waals surface area contributed by atoms with E-state index in [2.05, 4.69) is 25.3 Å². The van der Waals surface area contributed by atoms with E-state index in [1.165, 1.54) is 5.56 Å². The molecular weight excluding hydrogens is 320 g/mol. The van der Waals surface area contributed by atoms with Crippen LogP contribution >= 0.6 is 0 Å². The Hall–Kier alpha value is -2.32. The SMILES string of the molecule is Cn1cc(CN2C[C@@H]3COC[C@H](C(=O)Nc4cnccn4)[C@@H]3C2)cn1. The summed E-state index contributed by atoms with van der Waals surface area (Å²) in [5.74, 6) is 1.00. The van der Waals surface area contributed by atoms with Crippen molar-refractivity contribution >= 4 is 11.7 Å². The van der Waals surface area contributed by atoms with Crippen LogP contribution in [0.15, 0.2) is 31.0 Å². The topological polar surface area (TPSA) is 85.2 Å². The zero-order chi connectivity index (χ0) is 17.2. The van der Waals surface area contributed by atoms with Gasteiger partial charge in [0.25, 0.3) is 0 Å². The molecule has 25 heavy (non-hydrogen) atoms. The summed E-state index contributed by atoms with van der Waals surface area (Å²) in [7, 11) is 1.92. The van der Waals surface area contributed by atoms with Crippen molar-refractivity contribution in [2.75, 3.05) is 31.6 Å². The molecule has 4 heterocycles. The molecule has 2 aromatic rings. The average molecular weight is 342 g/mol. The second-order valence-corrected chi connectivity index (χ2v) is 6.86. The number of nitrogens with one attached hydrogen (secondary N) is 1. The van der Waals surface area contributed by atoms with Gasteiger partial charge >= 0.3 is 0 Å². The largest absolute Gasteiger partial charge is 0.380 e. The predicted octanol–water partition coefficient (Wildman–Crippen LogP) is 0.543. The fraction of sp³-hybridized carbons (Fsp3) is 0.529. The van der Waals surface area contributed by atoms with E-state index in [1.54, 1.807) is 18.6 Å². The first-order valence-electron chi connectivity index (χ1n) is 8.53. The lowest BCUT2D eigenvalue weighted by Crippen LogP contribution is -2.42. The number of likely N-dealkylation sites (tertiary alicyclic amines) is 1. The normalized spacial score (nSPS) is 26.4. The minimum Gasteiger partial charge on any atom is -0.380 e. The number of rotatable bonds is 4. The monoisotopic (exact) mass is 342 g/mol. The van der Waals surface area contributed by atoms with E-state index in [9.17, 15) is 4.79 Å². The number of amides is 1. The molecule has 0 bridgehead atoms. The zero-order valence-corrected chi connectivity index (χ0v) is 14.2. The second kappa shape index (κ2) is 6.89. The van der Waals surface area contributed by atoms with Gasteiger partial charge in [0, 0.05) is 50.8 Å². The molecule has 2 saturated heterocycles. The van der Waals surface area contributed by atoms with Gasteiger partial charge in [-0.25, -0.2) is 4.98 Å². The Bertz CT molecular complexity index is 734. The molecule has 0 spiro atoms. The van der Waals surface area contributed by atoms with Crippen molar-refractivity contribution in [3.05, 3.63) is 36.5 Å². The average Bonchev–Trinajstić information content (AvgIpc) is 3.21. The van der Waals surface area contributed by atoms with Crippen LogP contribution in [0, 0.1) is 17.8 Å². The molecule has 0 unspecified atom stereocenters. The molecule has 2 fully saturated rings. The second-order valence-electron chi connectivity index (χ2n) is 6.86. The summed E-state index contributed by atoms with van der Waals surface area (Å²) in [5, 5.41) is 7.10. The quantitative estimate of drug-likeness (QED) is 0.873. The minimum absolute atomic E-state index is 0.0292. The van der Waals surface area contributed by atoms with E-state index < -0.39 is 0 Å². The van der Waals surface area contributed by atoms with Crippen molar-refractivity contribution < 1.29 is 9.53 Å². The maximum absolute atomic E-state index is 12.7.